The molecule has 0 unspecified atom stereocenters. The molecule has 0 bridgehead atoms. The van der Waals surface area contributed by atoms with Crippen molar-refractivity contribution in [1.82, 2.24) is 5.32 Å². The number of ketones is 1. The van der Waals surface area contributed by atoms with Crippen LogP contribution in [0.5, 0.6) is 0 Å². The average molecular weight is 453 g/mol. The molecular weight excluding hydrogens is 430 g/mol. The van der Waals surface area contributed by atoms with E-state index in [2.05, 4.69) is 10.6 Å². The number of hydrogen-bond acceptors (Lipinski definition) is 4. The van der Waals surface area contributed by atoms with E-state index in [1.165, 1.54) is 19.1 Å². The molecule has 0 spiro atoms. The number of carbonyl (C=O) groups is 3. The fourth-order valence-corrected chi connectivity index (χ4v) is 2.93. The first-order valence-corrected chi connectivity index (χ1v) is 9.81. The Bertz CT molecular complexity index is 1010. The van der Waals surface area contributed by atoms with E-state index in [-0.39, 0.29) is 28.3 Å². The molecule has 31 heavy (non-hydrogen) atoms. The molecule has 0 saturated carbocycles. The van der Waals surface area contributed by atoms with Crippen molar-refractivity contribution in [2.45, 2.75) is 45.8 Å². The highest BCUT2D eigenvalue weighted by molar-refractivity contribution is 6.34. The van der Waals surface area contributed by atoms with Crippen molar-refractivity contribution in [2.24, 2.45) is 0 Å². The first kappa shape index (κ1) is 24.3. The number of Topliss-reactive ketones (excluding diaryl/α,β-unsaturated/α-hetero) is 1. The lowest BCUT2D eigenvalue weighted by atomic mass is 9.99. The van der Waals surface area contributed by atoms with Crippen LogP contribution < -0.4 is 10.6 Å². The van der Waals surface area contributed by atoms with E-state index in [0.717, 1.165) is 18.2 Å². The maximum Gasteiger partial charge on any atom is 0.408 e. The summed E-state index contributed by atoms with van der Waals surface area (Å²) in [4.78, 5) is 37.2. The largest absolute Gasteiger partial charge is 0.444 e. The van der Waals surface area contributed by atoms with Crippen LogP contribution in [-0.4, -0.2) is 29.4 Å². The highest BCUT2D eigenvalue weighted by Gasteiger charge is 2.24. The SMILES string of the molecule is C[C@H](NC(=O)OC(C)(C)C)C(=O)Cc1cccc(Cl)c1C(=O)Nc1cc(F)ccc1F. The van der Waals surface area contributed by atoms with Gasteiger partial charge in [0.15, 0.2) is 5.78 Å². The molecule has 0 saturated heterocycles. The fraction of sp³-hybridized carbons (Fsp3) is 0.318. The van der Waals surface area contributed by atoms with Gasteiger partial charge in [-0.2, -0.15) is 0 Å². The monoisotopic (exact) mass is 452 g/mol. The second kappa shape index (κ2) is 9.87. The molecule has 2 amide bonds. The van der Waals surface area contributed by atoms with Crippen LogP contribution in [0.25, 0.3) is 0 Å². The third-order valence-electron chi connectivity index (χ3n) is 4.08. The van der Waals surface area contributed by atoms with E-state index < -0.39 is 41.1 Å². The first-order chi connectivity index (χ1) is 14.4. The summed E-state index contributed by atoms with van der Waals surface area (Å²) in [7, 11) is 0. The number of alkyl carbamates (subject to hydrolysis) is 1. The zero-order valence-electron chi connectivity index (χ0n) is 17.5. The Morgan fingerprint density at radius 1 is 1.13 bits per heavy atom. The second-order valence-electron chi connectivity index (χ2n) is 7.86. The summed E-state index contributed by atoms with van der Waals surface area (Å²) in [6, 6.07) is 6.24. The van der Waals surface area contributed by atoms with Crippen LogP contribution >= 0.6 is 11.6 Å². The second-order valence-corrected chi connectivity index (χ2v) is 8.27. The number of benzene rings is 2. The predicted octanol–water partition coefficient (Wildman–Crippen LogP) is 4.90. The third kappa shape index (κ3) is 7.03. The van der Waals surface area contributed by atoms with E-state index in [9.17, 15) is 23.2 Å². The average Bonchev–Trinajstić information content (AvgIpc) is 2.63. The lowest BCUT2D eigenvalue weighted by Crippen LogP contribution is -2.42. The zero-order chi connectivity index (χ0) is 23.3. The molecule has 0 aliphatic rings. The summed E-state index contributed by atoms with van der Waals surface area (Å²) in [6.07, 6.45) is -0.981. The summed E-state index contributed by atoms with van der Waals surface area (Å²) >= 11 is 6.15. The zero-order valence-corrected chi connectivity index (χ0v) is 18.3. The van der Waals surface area contributed by atoms with Crippen molar-refractivity contribution in [3.05, 3.63) is 64.2 Å². The van der Waals surface area contributed by atoms with Crippen LogP contribution in [0, 0.1) is 11.6 Å². The summed E-state index contributed by atoms with van der Waals surface area (Å²) in [5, 5.41) is 4.74. The van der Waals surface area contributed by atoms with E-state index >= 15 is 0 Å². The molecule has 1 atom stereocenters. The van der Waals surface area contributed by atoms with Crippen LogP contribution in [-0.2, 0) is 16.0 Å². The van der Waals surface area contributed by atoms with Gasteiger partial charge in [-0.3, -0.25) is 9.59 Å². The Balaban J connectivity index is 2.18. The summed E-state index contributed by atoms with van der Waals surface area (Å²) < 4.78 is 32.4. The third-order valence-corrected chi connectivity index (χ3v) is 4.40. The fourth-order valence-electron chi connectivity index (χ4n) is 2.65. The number of amides is 2. The minimum atomic E-state index is -0.898. The van der Waals surface area contributed by atoms with Crippen molar-refractivity contribution in [3.63, 3.8) is 0 Å². The van der Waals surface area contributed by atoms with Crippen molar-refractivity contribution in [2.75, 3.05) is 5.32 Å². The number of nitrogens with one attached hydrogen (secondary N) is 2. The Hall–Kier alpha value is -3.00. The van der Waals surface area contributed by atoms with Crippen molar-refractivity contribution < 1.29 is 27.9 Å². The van der Waals surface area contributed by atoms with Gasteiger partial charge in [0.25, 0.3) is 5.91 Å². The van der Waals surface area contributed by atoms with Crippen LogP contribution in [0.3, 0.4) is 0 Å². The molecule has 6 nitrogen and oxygen atoms in total. The van der Waals surface area contributed by atoms with Crippen molar-refractivity contribution in [1.29, 1.82) is 0 Å². The molecule has 166 valence electrons. The quantitative estimate of drug-likeness (QED) is 0.653. The maximum absolute atomic E-state index is 13.9. The van der Waals surface area contributed by atoms with Crippen LogP contribution in [0.1, 0.15) is 43.6 Å². The summed E-state index contributed by atoms with van der Waals surface area (Å²) in [5.74, 6) is -2.76. The molecule has 2 rings (SSSR count). The predicted molar refractivity (Wildman–Crippen MR) is 113 cm³/mol. The van der Waals surface area contributed by atoms with Gasteiger partial charge >= 0.3 is 6.09 Å². The standard InChI is InChI=1S/C22H23ClF2N2O4/c1-12(26-21(30)31-22(2,3)4)18(28)10-13-6-5-7-15(23)19(13)20(29)27-17-11-14(24)8-9-16(17)25/h5-9,11-12H,10H2,1-4H3,(H,26,30)(H,27,29)/t12-/m0/s1. The highest BCUT2D eigenvalue weighted by Crippen LogP contribution is 2.24. The molecule has 0 aromatic heterocycles. The summed E-state index contributed by atoms with van der Waals surface area (Å²) in [6.45, 7) is 6.56. The van der Waals surface area contributed by atoms with Gasteiger partial charge < -0.3 is 15.4 Å². The van der Waals surface area contributed by atoms with Gasteiger partial charge in [0, 0.05) is 12.5 Å². The van der Waals surface area contributed by atoms with Gasteiger partial charge in [-0.25, -0.2) is 13.6 Å². The molecule has 9 heteroatoms. The van der Waals surface area contributed by atoms with Gasteiger partial charge in [0.2, 0.25) is 0 Å². The molecule has 0 aliphatic heterocycles. The molecule has 2 aromatic carbocycles. The Morgan fingerprint density at radius 3 is 2.45 bits per heavy atom. The summed E-state index contributed by atoms with van der Waals surface area (Å²) in [5.41, 5.74) is -0.866. The smallest absolute Gasteiger partial charge is 0.408 e. The molecule has 2 N–H and O–H groups in total. The van der Waals surface area contributed by atoms with Gasteiger partial charge in [0.1, 0.15) is 17.2 Å². The Kier molecular flexibility index (Phi) is 7.73. The van der Waals surface area contributed by atoms with Gasteiger partial charge in [-0.1, -0.05) is 23.7 Å². The van der Waals surface area contributed by atoms with E-state index in [1.54, 1.807) is 26.8 Å². The number of ether oxygens (including phenoxy) is 1. The highest BCUT2D eigenvalue weighted by atomic mass is 35.5. The molecule has 0 radical (unpaired) electrons. The molecule has 0 fully saturated rings. The molecular formula is C22H23ClF2N2O4. The minimum Gasteiger partial charge on any atom is -0.444 e. The molecule has 2 aromatic rings. The van der Waals surface area contributed by atoms with Crippen LogP contribution in [0.15, 0.2) is 36.4 Å². The van der Waals surface area contributed by atoms with E-state index in [0.29, 0.717) is 0 Å². The molecule has 0 heterocycles. The van der Waals surface area contributed by atoms with Crippen LogP contribution in [0.4, 0.5) is 19.3 Å². The number of anilines is 1. The minimum absolute atomic E-state index is 0.0346. The van der Waals surface area contributed by atoms with E-state index in [4.69, 9.17) is 16.3 Å². The maximum atomic E-state index is 13.9. The van der Waals surface area contributed by atoms with Gasteiger partial charge in [-0.05, 0) is 51.5 Å². The van der Waals surface area contributed by atoms with Crippen LogP contribution in [0.2, 0.25) is 5.02 Å². The van der Waals surface area contributed by atoms with Crippen molar-refractivity contribution >= 4 is 35.1 Å². The Labute approximate surface area is 183 Å². The molecule has 0 aliphatic carbocycles. The van der Waals surface area contributed by atoms with E-state index in [1.807, 2.05) is 0 Å². The lowest BCUT2D eigenvalue weighted by Gasteiger charge is -2.21. The van der Waals surface area contributed by atoms with Gasteiger partial charge in [-0.15, -0.1) is 0 Å². The van der Waals surface area contributed by atoms with Crippen molar-refractivity contribution in [3.8, 4) is 0 Å². The lowest BCUT2D eigenvalue weighted by molar-refractivity contribution is -0.120. The first-order valence-electron chi connectivity index (χ1n) is 9.43. The number of hydrogen-bond donors (Lipinski definition) is 2. The van der Waals surface area contributed by atoms with Gasteiger partial charge in [0.05, 0.1) is 22.3 Å². The Morgan fingerprint density at radius 2 is 1.81 bits per heavy atom. The number of rotatable bonds is 6. The number of halogens is 3. The number of carbonyl (C=O) groups excluding carboxylic acids is 3. The normalized spacial score (nSPS) is 12.1. The topological polar surface area (TPSA) is 84.5 Å².